The van der Waals surface area contributed by atoms with E-state index in [1.807, 2.05) is 0 Å². The van der Waals surface area contributed by atoms with E-state index < -0.39 is 0 Å². The minimum atomic E-state index is 0.433. The highest BCUT2D eigenvalue weighted by molar-refractivity contribution is 5.01. The summed E-state index contributed by atoms with van der Waals surface area (Å²) >= 11 is 0. The van der Waals surface area contributed by atoms with Gasteiger partial charge in [-0.1, -0.05) is 39.0 Å². The Morgan fingerprint density at radius 2 is 1.84 bits per heavy atom. The predicted molar refractivity (Wildman–Crippen MR) is 83.5 cm³/mol. The molecule has 2 heteroatoms. The van der Waals surface area contributed by atoms with Crippen molar-refractivity contribution >= 4 is 0 Å². The lowest BCUT2D eigenvalue weighted by Gasteiger charge is -2.49. The lowest BCUT2D eigenvalue weighted by atomic mass is 9.73. The number of nitrogens with one attached hydrogen (secondary N) is 1. The van der Waals surface area contributed by atoms with Crippen LogP contribution < -0.4 is 5.32 Å². The summed E-state index contributed by atoms with van der Waals surface area (Å²) in [6.45, 7) is 3.47. The van der Waals surface area contributed by atoms with Gasteiger partial charge in [-0.15, -0.1) is 0 Å². The Bertz CT molecular complexity index is 252. The van der Waals surface area contributed by atoms with Crippen molar-refractivity contribution in [2.75, 3.05) is 20.6 Å². The largest absolute Gasteiger partial charge is 0.312 e. The highest BCUT2D eigenvalue weighted by atomic mass is 15.2. The van der Waals surface area contributed by atoms with Crippen LogP contribution in [0.2, 0.25) is 0 Å². The Labute approximate surface area is 120 Å². The van der Waals surface area contributed by atoms with Crippen molar-refractivity contribution < 1.29 is 0 Å². The standard InChI is InChI=1S/C17H34N2/c1-4-14-18-16(11-10-15-8-9-15)17(19(2)3)12-6-5-7-13-17/h15-16,18H,4-14H2,1-3H3. The molecule has 19 heavy (non-hydrogen) atoms. The van der Waals surface area contributed by atoms with E-state index in [1.165, 1.54) is 70.8 Å². The van der Waals surface area contributed by atoms with Gasteiger partial charge >= 0.3 is 0 Å². The molecule has 0 spiro atoms. The number of nitrogens with zero attached hydrogens (tertiary/aromatic N) is 1. The molecule has 2 fully saturated rings. The van der Waals surface area contributed by atoms with Crippen LogP contribution in [0.1, 0.15) is 71.1 Å². The van der Waals surface area contributed by atoms with Crippen LogP contribution in [0.15, 0.2) is 0 Å². The summed E-state index contributed by atoms with van der Waals surface area (Å²) in [4.78, 5) is 2.55. The summed E-state index contributed by atoms with van der Waals surface area (Å²) in [6, 6.07) is 0.711. The molecule has 2 aliphatic carbocycles. The van der Waals surface area contributed by atoms with Crippen molar-refractivity contribution in [3.05, 3.63) is 0 Å². The molecule has 0 aromatic rings. The van der Waals surface area contributed by atoms with Crippen LogP contribution in [0.5, 0.6) is 0 Å². The second kappa shape index (κ2) is 7.08. The average molecular weight is 266 g/mol. The molecule has 0 radical (unpaired) electrons. The molecule has 2 aliphatic rings. The normalized spacial score (nSPS) is 24.6. The van der Waals surface area contributed by atoms with Crippen molar-refractivity contribution in [1.29, 1.82) is 0 Å². The highest BCUT2D eigenvalue weighted by Crippen LogP contribution is 2.40. The fourth-order valence-electron chi connectivity index (χ4n) is 3.96. The van der Waals surface area contributed by atoms with Gasteiger partial charge in [-0.3, -0.25) is 0 Å². The fourth-order valence-corrected chi connectivity index (χ4v) is 3.96. The van der Waals surface area contributed by atoms with Gasteiger partial charge in [0, 0.05) is 11.6 Å². The molecule has 0 aromatic heterocycles. The first-order valence-corrected chi connectivity index (χ1v) is 8.60. The van der Waals surface area contributed by atoms with Gasteiger partial charge in [-0.2, -0.15) is 0 Å². The molecule has 2 nitrogen and oxygen atoms in total. The Balaban J connectivity index is 2.01. The van der Waals surface area contributed by atoms with Gasteiger partial charge in [0.15, 0.2) is 0 Å². The number of hydrogen-bond donors (Lipinski definition) is 1. The first-order valence-electron chi connectivity index (χ1n) is 8.60. The number of rotatable bonds is 8. The summed E-state index contributed by atoms with van der Waals surface area (Å²) in [5.41, 5.74) is 0.433. The molecule has 0 bridgehead atoms. The van der Waals surface area contributed by atoms with Crippen LogP contribution >= 0.6 is 0 Å². The molecule has 1 atom stereocenters. The smallest absolute Gasteiger partial charge is 0.0356 e. The van der Waals surface area contributed by atoms with Crippen LogP contribution in [0.25, 0.3) is 0 Å². The van der Waals surface area contributed by atoms with Crippen molar-refractivity contribution in [2.45, 2.75) is 82.7 Å². The maximum Gasteiger partial charge on any atom is 0.0356 e. The molecule has 0 aliphatic heterocycles. The summed E-state index contributed by atoms with van der Waals surface area (Å²) < 4.78 is 0. The quantitative estimate of drug-likeness (QED) is 0.718. The van der Waals surface area contributed by atoms with E-state index in [0.717, 1.165) is 5.92 Å². The van der Waals surface area contributed by atoms with E-state index in [0.29, 0.717) is 11.6 Å². The van der Waals surface area contributed by atoms with Crippen LogP contribution in [-0.2, 0) is 0 Å². The maximum absolute atomic E-state index is 3.90. The first-order chi connectivity index (χ1) is 9.19. The fraction of sp³-hybridized carbons (Fsp3) is 1.00. The Morgan fingerprint density at radius 3 is 2.37 bits per heavy atom. The molecule has 0 amide bonds. The minimum absolute atomic E-state index is 0.433. The Hall–Kier alpha value is -0.0800. The van der Waals surface area contributed by atoms with E-state index in [9.17, 15) is 0 Å². The average Bonchev–Trinajstić information content (AvgIpc) is 3.23. The summed E-state index contributed by atoms with van der Waals surface area (Å²) in [5, 5.41) is 3.90. The van der Waals surface area contributed by atoms with E-state index in [2.05, 4.69) is 31.2 Å². The molecule has 1 unspecified atom stereocenters. The zero-order valence-electron chi connectivity index (χ0n) is 13.4. The molecule has 0 heterocycles. The van der Waals surface area contributed by atoms with E-state index in [1.54, 1.807) is 0 Å². The third-order valence-corrected chi connectivity index (χ3v) is 5.46. The molecule has 2 saturated carbocycles. The SMILES string of the molecule is CCCNC(CCC1CC1)C1(N(C)C)CCCCC1. The van der Waals surface area contributed by atoms with Crippen LogP contribution in [0, 0.1) is 5.92 Å². The van der Waals surface area contributed by atoms with Gasteiger partial charge in [0.25, 0.3) is 0 Å². The first kappa shape index (κ1) is 15.3. The second-order valence-electron chi connectivity index (χ2n) is 7.09. The predicted octanol–water partition coefficient (Wildman–Crippen LogP) is 3.81. The van der Waals surface area contributed by atoms with Crippen molar-refractivity contribution in [2.24, 2.45) is 5.92 Å². The number of hydrogen-bond acceptors (Lipinski definition) is 2. The second-order valence-corrected chi connectivity index (χ2v) is 7.09. The summed E-state index contributed by atoms with van der Waals surface area (Å²) in [7, 11) is 4.62. The van der Waals surface area contributed by atoms with Crippen LogP contribution in [-0.4, -0.2) is 37.1 Å². The van der Waals surface area contributed by atoms with E-state index in [-0.39, 0.29) is 0 Å². The summed E-state index contributed by atoms with van der Waals surface area (Å²) in [6.07, 6.45) is 14.2. The van der Waals surface area contributed by atoms with Gasteiger partial charge in [0.05, 0.1) is 0 Å². The lowest BCUT2D eigenvalue weighted by molar-refractivity contribution is 0.0521. The van der Waals surface area contributed by atoms with Gasteiger partial charge in [0.1, 0.15) is 0 Å². The molecular formula is C17H34N2. The van der Waals surface area contributed by atoms with Crippen molar-refractivity contribution in [1.82, 2.24) is 10.2 Å². The van der Waals surface area contributed by atoms with E-state index in [4.69, 9.17) is 0 Å². The molecule has 112 valence electrons. The molecule has 1 N–H and O–H groups in total. The van der Waals surface area contributed by atoms with Crippen LogP contribution in [0.4, 0.5) is 0 Å². The van der Waals surface area contributed by atoms with Gasteiger partial charge in [-0.05, 0) is 58.7 Å². The van der Waals surface area contributed by atoms with Gasteiger partial charge in [0.2, 0.25) is 0 Å². The zero-order chi connectivity index (χ0) is 13.7. The Kier molecular flexibility index (Phi) is 5.70. The molecule has 0 aromatic carbocycles. The van der Waals surface area contributed by atoms with Gasteiger partial charge < -0.3 is 10.2 Å². The Morgan fingerprint density at radius 1 is 1.16 bits per heavy atom. The monoisotopic (exact) mass is 266 g/mol. The minimum Gasteiger partial charge on any atom is -0.312 e. The number of likely N-dealkylation sites (N-methyl/N-ethyl adjacent to an activating group) is 1. The highest BCUT2D eigenvalue weighted by Gasteiger charge is 2.41. The molecule has 2 rings (SSSR count). The third-order valence-electron chi connectivity index (χ3n) is 5.46. The van der Waals surface area contributed by atoms with Gasteiger partial charge in [-0.25, -0.2) is 0 Å². The third kappa shape index (κ3) is 3.95. The molecular weight excluding hydrogens is 232 g/mol. The topological polar surface area (TPSA) is 15.3 Å². The molecule has 0 saturated heterocycles. The van der Waals surface area contributed by atoms with E-state index >= 15 is 0 Å². The van der Waals surface area contributed by atoms with Crippen molar-refractivity contribution in [3.63, 3.8) is 0 Å². The van der Waals surface area contributed by atoms with Crippen molar-refractivity contribution in [3.8, 4) is 0 Å². The summed E-state index contributed by atoms with van der Waals surface area (Å²) in [5.74, 6) is 1.06. The lowest BCUT2D eigenvalue weighted by Crippen LogP contribution is -2.60. The zero-order valence-corrected chi connectivity index (χ0v) is 13.4. The maximum atomic E-state index is 3.90. The van der Waals surface area contributed by atoms with Crippen LogP contribution in [0.3, 0.4) is 0 Å².